The lowest BCUT2D eigenvalue weighted by Gasteiger charge is -2.56. The minimum Gasteiger partial charge on any atom is -0.351 e. The first-order valence-corrected chi connectivity index (χ1v) is 10.8. The maximum Gasteiger partial charge on any atom is 0.261 e. The van der Waals surface area contributed by atoms with E-state index in [0.29, 0.717) is 24.8 Å². The second-order valence-corrected chi connectivity index (χ2v) is 9.56. The molecule has 1 heterocycles. The van der Waals surface area contributed by atoms with Crippen molar-refractivity contribution in [3.05, 3.63) is 40.4 Å². The number of para-hydroxylation sites is 1. The summed E-state index contributed by atoms with van der Waals surface area (Å²) in [7, 11) is 0. The molecule has 0 spiro atoms. The van der Waals surface area contributed by atoms with E-state index in [1.54, 1.807) is 10.9 Å². The van der Waals surface area contributed by atoms with Crippen LogP contribution in [0.15, 0.2) is 29.3 Å². The van der Waals surface area contributed by atoms with Gasteiger partial charge in [0.2, 0.25) is 5.91 Å². The molecule has 6 rings (SSSR count). The molecular weight excluding hydrogens is 350 g/mol. The zero-order valence-corrected chi connectivity index (χ0v) is 16.6. The van der Waals surface area contributed by atoms with Crippen molar-refractivity contribution in [3.63, 3.8) is 0 Å². The summed E-state index contributed by atoms with van der Waals surface area (Å²) in [5.41, 5.74) is 1.83. The third kappa shape index (κ3) is 3.15. The molecule has 4 aliphatic carbocycles. The molecule has 1 amide bonds. The summed E-state index contributed by atoms with van der Waals surface area (Å²) in [5, 5.41) is 4.07. The van der Waals surface area contributed by atoms with Gasteiger partial charge >= 0.3 is 0 Å². The van der Waals surface area contributed by atoms with E-state index in [0.717, 1.165) is 28.8 Å². The first-order chi connectivity index (χ1) is 13.5. The van der Waals surface area contributed by atoms with Gasteiger partial charge in [-0.2, -0.15) is 0 Å². The Kier molecular flexibility index (Phi) is 4.29. The van der Waals surface area contributed by atoms with Crippen LogP contribution < -0.4 is 10.9 Å². The summed E-state index contributed by atoms with van der Waals surface area (Å²) in [6.07, 6.45) is 10.4. The Labute approximate surface area is 165 Å². The Morgan fingerprint density at radius 1 is 1.18 bits per heavy atom. The summed E-state index contributed by atoms with van der Waals surface area (Å²) in [6, 6.07) is 5.69. The van der Waals surface area contributed by atoms with Crippen molar-refractivity contribution in [2.24, 2.45) is 17.8 Å². The van der Waals surface area contributed by atoms with Gasteiger partial charge in [-0.3, -0.25) is 14.2 Å². The smallest absolute Gasteiger partial charge is 0.261 e. The Hall–Kier alpha value is -2.17. The normalized spacial score (nSPS) is 30.7. The number of carbonyl (C=O) groups excluding carboxylic acids is 1. The Bertz CT molecular complexity index is 942. The fraction of sp³-hybridized carbons (Fsp3) is 0.609. The Morgan fingerprint density at radius 3 is 2.54 bits per heavy atom. The molecule has 1 aromatic carbocycles. The van der Waals surface area contributed by atoms with E-state index in [9.17, 15) is 9.59 Å². The van der Waals surface area contributed by atoms with Gasteiger partial charge < -0.3 is 5.32 Å². The largest absolute Gasteiger partial charge is 0.351 e. The van der Waals surface area contributed by atoms with E-state index < -0.39 is 0 Å². The average Bonchev–Trinajstić information content (AvgIpc) is 2.62. The highest BCUT2D eigenvalue weighted by atomic mass is 16.1. The third-order valence-corrected chi connectivity index (χ3v) is 7.30. The summed E-state index contributed by atoms with van der Waals surface area (Å²) < 4.78 is 1.64. The molecule has 2 aromatic rings. The van der Waals surface area contributed by atoms with Gasteiger partial charge in [0.05, 0.1) is 17.2 Å². The van der Waals surface area contributed by atoms with Crippen LogP contribution in [0, 0.1) is 24.7 Å². The van der Waals surface area contributed by atoms with Gasteiger partial charge in [-0.05, 0) is 81.3 Å². The highest BCUT2D eigenvalue weighted by molar-refractivity contribution is 5.80. The van der Waals surface area contributed by atoms with Crippen LogP contribution in [0.4, 0.5) is 0 Å². The zero-order chi connectivity index (χ0) is 19.3. The molecule has 4 fully saturated rings. The molecular formula is C23H29N3O2. The predicted molar refractivity (Wildman–Crippen MR) is 109 cm³/mol. The molecule has 0 aliphatic heterocycles. The number of hydrogen-bond acceptors (Lipinski definition) is 3. The molecule has 0 unspecified atom stereocenters. The van der Waals surface area contributed by atoms with E-state index in [1.165, 1.54) is 38.5 Å². The lowest BCUT2D eigenvalue weighted by molar-refractivity contribution is -0.127. The topological polar surface area (TPSA) is 64.0 Å². The zero-order valence-electron chi connectivity index (χ0n) is 16.6. The van der Waals surface area contributed by atoms with Crippen LogP contribution in [-0.4, -0.2) is 21.0 Å². The number of fused-ring (bicyclic) bond motifs is 1. The molecule has 4 saturated carbocycles. The van der Waals surface area contributed by atoms with Crippen LogP contribution in [0.1, 0.15) is 56.9 Å². The number of nitrogens with zero attached hydrogens (tertiary/aromatic N) is 2. The van der Waals surface area contributed by atoms with E-state index in [1.807, 2.05) is 25.1 Å². The summed E-state index contributed by atoms with van der Waals surface area (Å²) in [6.45, 7) is 2.50. The second kappa shape index (κ2) is 6.71. The van der Waals surface area contributed by atoms with Crippen molar-refractivity contribution in [2.45, 2.75) is 70.4 Å². The highest BCUT2D eigenvalue weighted by Gasteiger charge is 2.51. The van der Waals surface area contributed by atoms with Crippen molar-refractivity contribution in [2.75, 3.05) is 0 Å². The van der Waals surface area contributed by atoms with Crippen molar-refractivity contribution in [1.29, 1.82) is 0 Å². The molecule has 148 valence electrons. The van der Waals surface area contributed by atoms with Gasteiger partial charge in [0.25, 0.3) is 5.56 Å². The van der Waals surface area contributed by atoms with Crippen LogP contribution in [0.2, 0.25) is 0 Å². The molecule has 4 aliphatic rings. The maximum absolute atomic E-state index is 12.7. The van der Waals surface area contributed by atoms with Gasteiger partial charge in [0.1, 0.15) is 0 Å². The molecule has 1 N–H and O–H groups in total. The number of aromatic nitrogens is 2. The fourth-order valence-corrected chi connectivity index (χ4v) is 6.53. The van der Waals surface area contributed by atoms with Crippen molar-refractivity contribution in [3.8, 4) is 0 Å². The molecule has 0 saturated heterocycles. The van der Waals surface area contributed by atoms with Crippen LogP contribution in [0.25, 0.3) is 10.9 Å². The van der Waals surface area contributed by atoms with E-state index >= 15 is 0 Å². The first-order valence-electron chi connectivity index (χ1n) is 10.8. The number of amides is 1. The highest BCUT2D eigenvalue weighted by Crippen LogP contribution is 2.55. The first kappa shape index (κ1) is 17.9. The standard InChI is InChI=1S/C23H29N3O2/c1-15-4-2-5-19-21(15)24-14-26(22(19)28)7-3-6-20(27)25-23-11-16-8-17(12-23)10-18(9-16)13-23/h2,4-5,14,16-18H,3,6-13H2,1H3,(H,25,27). The van der Waals surface area contributed by atoms with Gasteiger partial charge in [-0.25, -0.2) is 4.98 Å². The monoisotopic (exact) mass is 379 g/mol. The van der Waals surface area contributed by atoms with Crippen molar-refractivity contribution in [1.82, 2.24) is 14.9 Å². The number of rotatable bonds is 5. The van der Waals surface area contributed by atoms with Gasteiger partial charge in [-0.1, -0.05) is 12.1 Å². The second-order valence-electron chi connectivity index (χ2n) is 9.56. The molecule has 5 nitrogen and oxygen atoms in total. The molecule has 1 aromatic heterocycles. The molecule has 4 bridgehead atoms. The van der Waals surface area contributed by atoms with Gasteiger partial charge in [0.15, 0.2) is 0 Å². The third-order valence-electron chi connectivity index (χ3n) is 7.30. The van der Waals surface area contributed by atoms with E-state index in [4.69, 9.17) is 0 Å². The number of benzene rings is 1. The average molecular weight is 380 g/mol. The summed E-state index contributed by atoms with van der Waals surface area (Å²) >= 11 is 0. The molecule has 5 heteroatoms. The van der Waals surface area contributed by atoms with E-state index in [2.05, 4.69) is 10.3 Å². The minimum atomic E-state index is -0.0183. The van der Waals surface area contributed by atoms with Crippen LogP contribution in [0.5, 0.6) is 0 Å². The van der Waals surface area contributed by atoms with Crippen LogP contribution in [-0.2, 0) is 11.3 Å². The van der Waals surface area contributed by atoms with Gasteiger partial charge in [0, 0.05) is 18.5 Å². The molecule has 0 radical (unpaired) electrons. The van der Waals surface area contributed by atoms with Crippen molar-refractivity contribution < 1.29 is 4.79 Å². The Balaban J connectivity index is 1.21. The molecule has 28 heavy (non-hydrogen) atoms. The summed E-state index contributed by atoms with van der Waals surface area (Å²) in [4.78, 5) is 29.8. The van der Waals surface area contributed by atoms with E-state index in [-0.39, 0.29) is 17.0 Å². The van der Waals surface area contributed by atoms with Gasteiger partial charge in [-0.15, -0.1) is 0 Å². The fourth-order valence-electron chi connectivity index (χ4n) is 6.53. The Morgan fingerprint density at radius 2 is 1.86 bits per heavy atom. The van der Waals surface area contributed by atoms with Crippen LogP contribution >= 0.6 is 0 Å². The number of nitrogens with one attached hydrogen (secondary N) is 1. The minimum absolute atomic E-state index is 0.0183. The quantitative estimate of drug-likeness (QED) is 0.864. The predicted octanol–water partition coefficient (Wildman–Crippen LogP) is 3.57. The maximum atomic E-state index is 12.7. The lowest BCUT2D eigenvalue weighted by atomic mass is 9.53. The lowest BCUT2D eigenvalue weighted by Crippen LogP contribution is -2.59. The number of carbonyl (C=O) groups is 1. The SMILES string of the molecule is Cc1cccc2c(=O)n(CCCC(=O)NC34CC5CC(CC(C5)C3)C4)cnc12. The molecule has 0 atom stereocenters. The number of aryl methyl sites for hydroxylation is 2. The van der Waals surface area contributed by atoms with Crippen LogP contribution in [0.3, 0.4) is 0 Å². The van der Waals surface area contributed by atoms with Crippen molar-refractivity contribution >= 4 is 16.8 Å². The summed E-state index contributed by atoms with van der Waals surface area (Å²) in [5.74, 6) is 2.64. The number of hydrogen-bond donors (Lipinski definition) is 1.